The topological polar surface area (TPSA) is 30.2 Å². The van der Waals surface area contributed by atoms with Crippen LogP contribution >= 0.6 is 0 Å². The second-order valence-corrected chi connectivity index (χ2v) is 5.02. The van der Waals surface area contributed by atoms with E-state index in [0.717, 1.165) is 21.7 Å². The third kappa shape index (κ3) is 1.93. The molecular weight excluding hydrogens is 260 g/mol. The summed E-state index contributed by atoms with van der Waals surface area (Å²) in [5, 5.41) is 3.53. The van der Waals surface area contributed by atoms with E-state index in [-0.39, 0.29) is 5.63 Å². The molecule has 0 fully saturated rings. The molecule has 2 nitrogen and oxygen atoms in total. The normalized spacial score (nSPS) is 11.0. The molecule has 3 aromatic carbocycles. The molecule has 0 saturated carbocycles. The Morgan fingerprint density at radius 3 is 2.29 bits per heavy atom. The van der Waals surface area contributed by atoms with Gasteiger partial charge in [-0.3, -0.25) is 0 Å². The van der Waals surface area contributed by atoms with Gasteiger partial charge in [0, 0.05) is 5.56 Å². The monoisotopic (exact) mass is 272 g/mol. The average Bonchev–Trinajstić information content (AvgIpc) is 2.55. The van der Waals surface area contributed by atoms with Crippen LogP contribution in [0.5, 0.6) is 0 Å². The van der Waals surface area contributed by atoms with E-state index < -0.39 is 0 Å². The van der Waals surface area contributed by atoms with Gasteiger partial charge in [-0.2, -0.15) is 0 Å². The van der Waals surface area contributed by atoms with Gasteiger partial charge in [0.15, 0.2) is 0 Å². The van der Waals surface area contributed by atoms with Crippen molar-refractivity contribution in [1.82, 2.24) is 0 Å². The molecule has 0 N–H and O–H groups in total. The Labute approximate surface area is 121 Å². The molecule has 0 aliphatic heterocycles. The van der Waals surface area contributed by atoms with E-state index in [1.165, 1.54) is 0 Å². The molecule has 0 atom stereocenters. The highest BCUT2D eigenvalue weighted by atomic mass is 16.4. The quantitative estimate of drug-likeness (QED) is 0.473. The molecule has 4 aromatic rings. The first-order valence-corrected chi connectivity index (χ1v) is 6.84. The standard InChI is InChI=1S/C19H12O2/c20-19-18-15(11-10-13-6-4-5-9-16(13)18)12-17(21-19)14-7-2-1-3-8-14/h1-12H. The van der Waals surface area contributed by atoms with Crippen molar-refractivity contribution in [1.29, 1.82) is 0 Å². The molecule has 0 aliphatic carbocycles. The van der Waals surface area contributed by atoms with Gasteiger partial charge in [-0.05, 0) is 22.2 Å². The van der Waals surface area contributed by atoms with Crippen molar-refractivity contribution < 1.29 is 4.42 Å². The molecule has 21 heavy (non-hydrogen) atoms. The van der Waals surface area contributed by atoms with Crippen LogP contribution in [0.3, 0.4) is 0 Å². The highest BCUT2D eigenvalue weighted by molar-refractivity contribution is 6.07. The van der Waals surface area contributed by atoms with Crippen LogP contribution in [0.15, 0.2) is 82.0 Å². The molecule has 4 rings (SSSR count). The van der Waals surface area contributed by atoms with E-state index >= 15 is 0 Å². The molecule has 1 heterocycles. The average molecular weight is 272 g/mol. The summed E-state index contributed by atoms with van der Waals surface area (Å²) in [7, 11) is 0. The maximum atomic E-state index is 12.4. The number of rotatable bonds is 1. The second kappa shape index (κ2) is 4.60. The fourth-order valence-corrected chi connectivity index (χ4v) is 2.70. The Balaban J connectivity index is 2.09. The van der Waals surface area contributed by atoms with Crippen LogP contribution in [0.25, 0.3) is 32.9 Å². The highest BCUT2D eigenvalue weighted by Gasteiger charge is 2.09. The van der Waals surface area contributed by atoms with Crippen LogP contribution in [0.4, 0.5) is 0 Å². The number of hydrogen-bond acceptors (Lipinski definition) is 2. The minimum Gasteiger partial charge on any atom is -0.422 e. The summed E-state index contributed by atoms with van der Waals surface area (Å²) >= 11 is 0. The SMILES string of the molecule is O=c1oc(-c2ccccc2)cc2ccc3ccccc3c12. The summed E-state index contributed by atoms with van der Waals surface area (Å²) < 4.78 is 5.53. The molecule has 2 heteroatoms. The minimum atomic E-state index is -0.289. The first-order valence-electron chi connectivity index (χ1n) is 6.84. The molecule has 0 aliphatic rings. The van der Waals surface area contributed by atoms with Crippen molar-refractivity contribution in [3.8, 4) is 11.3 Å². The van der Waals surface area contributed by atoms with Crippen LogP contribution in [0.1, 0.15) is 0 Å². The highest BCUT2D eigenvalue weighted by Crippen LogP contribution is 2.26. The van der Waals surface area contributed by atoms with Gasteiger partial charge in [0.2, 0.25) is 0 Å². The van der Waals surface area contributed by atoms with Gasteiger partial charge in [0.1, 0.15) is 5.76 Å². The van der Waals surface area contributed by atoms with E-state index in [0.29, 0.717) is 11.1 Å². The van der Waals surface area contributed by atoms with E-state index in [1.54, 1.807) is 0 Å². The third-order valence-corrected chi connectivity index (χ3v) is 3.71. The van der Waals surface area contributed by atoms with Crippen LogP contribution in [0.2, 0.25) is 0 Å². The molecule has 100 valence electrons. The Hall–Kier alpha value is -2.87. The molecular formula is C19H12O2. The summed E-state index contributed by atoms with van der Waals surface area (Å²) in [5.74, 6) is 0.600. The van der Waals surface area contributed by atoms with Crippen molar-refractivity contribution >= 4 is 21.5 Å². The fourth-order valence-electron chi connectivity index (χ4n) is 2.70. The smallest absolute Gasteiger partial charge is 0.344 e. The van der Waals surface area contributed by atoms with E-state index in [1.807, 2.05) is 72.8 Å². The number of fused-ring (bicyclic) bond motifs is 3. The minimum absolute atomic E-state index is 0.289. The Kier molecular flexibility index (Phi) is 2.61. The molecule has 0 spiro atoms. The van der Waals surface area contributed by atoms with Gasteiger partial charge >= 0.3 is 5.63 Å². The summed E-state index contributed by atoms with van der Waals surface area (Å²) in [6.07, 6.45) is 0. The van der Waals surface area contributed by atoms with Crippen molar-refractivity contribution in [3.05, 3.63) is 83.2 Å². The maximum absolute atomic E-state index is 12.4. The maximum Gasteiger partial charge on any atom is 0.344 e. The molecule has 1 aromatic heterocycles. The zero-order valence-corrected chi connectivity index (χ0v) is 11.2. The van der Waals surface area contributed by atoms with E-state index in [4.69, 9.17) is 4.42 Å². The molecule has 0 bridgehead atoms. The van der Waals surface area contributed by atoms with Crippen LogP contribution < -0.4 is 5.63 Å². The van der Waals surface area contributed by atoms with Crippen molar-refractivity contribution in [2.24, 2.45) is 0 Å². The molecule has 0 unspecified atom stereocenters. The number of benzene rings is 3. The first-order chi connectivity index (χ1) is 10.3. The van der Waals surface area contributed by atoms with Crippen molar-refractivity contribution in [2.75, 3.05) is 0 Å². The van der Waals surface area contributed by atoms with Crippen molar-refractivity contribution in [3.63, 3.8) is 0 Å². The first kappa shape index (κ1) is 11.9. The summed E-state index contributed by atoms with van der Waals surface area (Å²) in [5.41, 5.74) is 0.618. The lowest BCUT2D eigenvalue weighted by molar-refractivity contribution is 0.535. The van der Waals surface area contributed by atoms with Crippen molar-refractivity contribution in [2.45, 2.75) is 0 Å². The largest absolute Gasteiger partial charge is 0.422 e. The van der Waals surface area contributed by atoms with Gasteiger partial charge < -0.3 is 4.42 Å². The Morgan fingerprint density at radius 2 is 1.43 bits per heavy atom. The molecule has 0 saturated heterocycles. The van der Waals surface area contributed by atoms with Gasteiger partial charge in [0.25, 0.3) is 0 Å². The predicted molar refractivity (Wildman–Crippen MR) is 85.4 cm³/mol. The summed E-state index contributed by atoms with van der Waals surface area (Å²) in [6, 6.07) is 23.5. The van der Waals surface area contributed by atoms with Crippen LogP contribution in [0, 0.1) is 0 Å². The van der Waals surface area contributed by atoms with Gasteiger partial charge in [0.05, 0.1) is 5.39 Å². The Bertz CT molecular complexity index is 998. The molecule has 0 radical (unpaired) electrons. The van der Waals surface area contributed by atoms with Crippen LogP contribution in [-0.4, -0.2) is 0 Å². The molecule has 0 amide bonds. The summed E-state index contributed by atoms with van der Waals surface area (Å²) in [6.45, 7) is 0. The summed E-state index contributed by atoms with van der Waals surface area (Å²) in [4.78, 5) is 12.4. The van der Waals surface area contributed by atoms with Gasteiger partial charge in [-0.15, -0.1) is 0 Å². The van der Waals surface area contributed by atoms with Gasteiger partial charge in [-0.25, -0.2) is 4.79 Å². The van der Waals surface area contributed by atoms with Gasteiger partial charge in [-0.1, -0.05) is 66.7 Å². The lowest BCUT2D eigenvalue weighted by atomic mass is 10.0. The van der Waals surface area contributed by atoms with Crippen LogP contribution in [-0.2, 0) is 0 Å². The van der Waals surface area contributed by atoms with E-state index in [2.05, 4.69) is 0 Å². The Morgan fingerprint density at radius 1 is 0.714 bits per heavy atom. The fraction of sp³-hybridized carbons (Fsp3) is 0. The zero-order chi connectivity index (χ0) is 14.2. The second-order valence-electron chi connectivity index (χ2n) is 5.02. The third-order valence-electron chi connectivity index (χ3n) is 3.71. The number of hydrogen-bond donors (Lipinski definition) is 0. The zero-order valence-electron chi connectivity index (χ0n) is 11.2. The predicted octanol–water partition coefficient (Wildman–Crippen LogP) is 4.61. The lowest BCUT2D eigenvalue weighted by Crippen LogP contribution is -2.01. The van der Waals surface area contributed by atoms with E-state index in [9.17, 15) is 4.79 Å². The lowest BCUT2D eigenvalue weighted by Gasteiger charge is -2.05.